The van der Waals surface area contributed by atoms with Crippen LogP contribution in [-0.2, 0) is 0 Å². The Morgan fingerprint density at radius 3 is 1.52 bits per heavy atom. The standard InChI is InChI=1S/C75H46BN3O3/c1-41-33-42(2)69(43(3)34-41)46-36-64-72-68(37-46)80-67-30-25-45(44-15-5-4-6-16-44)35-57(67)76(72)58-40-56-55-39-48(78-61-23-13-9-19-51(61)52-20-10-14-24-62(52)78)27-32-66(55)82-75(56)71-70-63(79(64)73(58)71)29-28-53-54-38-47(26-31-65(54)81-74(53)70)77-59-21-11-7-17-49(59)50-18-8-12-22-60(50)77/h4-40H,1-3H3. The minimum atomic E-state index is -0.194. The summed E-state index contributed by atoms with van der Waals surface area (Å²) in [5.74, 6) is 1.73. The predicted molar refractivity (Wildman–Crippen MR) is 340 cm³/mol. The third-order valence-corrected chi connectivity index (χ3v) is 18.3. The highest BCUT2D eigenvalue weighted by atomic mass is 16.5. The molecule has 0 amide bonds. The quantitative estimate of drug-likeness (QED) is 0.165. The fraction of sp³-hybridized carbons (Fsp3) is 0.0400. The molecule has 7 heteroatoms. The first-order valence-electron chi connectivity index (χ1n) is 28.3. The second kappa shape index (κ2) is 15.9. The molecule has 19 rings (SSSR count). The summed E-state index contributed by atoms with van der Waals surface area (Å²) < 4.78 is 29.4. The number of furan rings is 2. The summed E-state index contributed by atoms with van der Waals surface area (Å²) in [6, 6.07) is 82.2. The van der Waals surface area contributed by atoms with Crippen molar-refractivity contribution in [3.63, 3.8) is 0 Å². The van der Waals surface area contributed by atoms with Crippen LogP contribution in [0.1, 0.15) is 16.7 Å². The van der Waals surface area contributed by atoms with Crippen molar-refractivity contribution in [2.24, 2.45) is 0 Å². The first-order valence-corrected chi connectivity index (χ1v) is 28.3. The Kier molecular flexibility index (Phi) is 8.59. The third-order valence-electron chi connectivity index (χ3n) is 18.3. The molecule has 2 aliphatic heterocycles. The molecule has 0 saturated heterocycles. The molecule has 0 unspecified atom stereocenters. The lowest BCUT2D eigenvalue weighted by atomic mass is 9.34. The normalized spacial score (nSPS) is 12.9. The number of ether oxygens (including phenoxy) is 1. The zero-order chi connectivity index (χ0) is 53.8. The van der Waals surface area contributed by atoms with E-state index >= 15 is 0 Å². The average Bonchev–Trinajstić information content (AvgIpc) is 1.95. The highest BCUT2D eigenvalue weighted by molar-refractivity contribution is 6.99. The Balaban J connectivity index is 0.958. The summed E-state index contributed by atoms with van der Waals surface area (Å²) >= 11 is 0. The minimum absolute atomic E-state index is 0.194. The van der Waals surface area contributed by atoms with Crippen LogP contribution in [0.2, 0.25) is 0 Å². The van der Waals surface area contributed by atoms with Crippen LogP contribution in [0.3, 0.4) is 0 Å². The lowest BCUT2D eigenvalue weighted by Gasteiger charge is -2.34. The van der Waals surface area contributed by atoms with E-state index < -0.39 is 0 Å². The van der Waals surface area contributed by atoms with E-state index in [4.69, 9.17) is 13.6 Å². The minimum Gasteiger partial charge on any atom is -0.458 e. The van der Waals surface area contributed by atoms with E-state index in [1.165, 1.54) is 60.3 Å². The van der Waals surface area contributed by atoms with Gasteiger partial charge in [0, 0.05) is 60.2 Å². The lowest BCUT2D eigenvalue weighted by molar-refractivity contribution is 0.487. The third kappa shape index (κ3) is 5.78. The van der Waals surface area contributed by atoms with E-state index in [1.807, 2.05) is 0 Å². The molecule has 382 valence electrons. The van der Waals surface area contributed by atoms with E-state index in [9.17, 15) is 0 Å². The Hall–Kier alpha value is -10.5. The molecular weight excluding hydrogens is 1000 g/mol. The van der Waals surface area contributed by atoms with Crippen LogP contribution in [0.25, 0.3) is 149 Å². The summed E-state index contributed by atoms with van der Waals surface area (Å²) in [6.45, 7) is 6.46. The number of para-hydroxylation sites is 4. The van der Waals surface area contributed by atoms with Gasteiger partial charge in [0.15, 0.2) is 0 Å². The van der Waals surface area contributed by atoms with Crippen LogP contribution in [0.5, 0.6) is 11.5 Å². The van der Waals surface area contributed by atoms with Gasteiger partial charge in [-0.05, 0) is 162 Å². The molecule has 6 nitrogen and oxygen atoms in total. The smallest absolute Gasteiger partial charge is 0.256 e. The van der Waals surface area contributed by atoms with E-state index in [-0.39, 0.29) is 6.71 Å². The number of hydrogen-bond acceptors (Lipinski definition) is 3. The molecule has 0 N–H and O–H groups in total. The highest BCUT2D eigenvalue weighted by Crippen LogP contribution is 2.49. The molecule has 2 aliphatic rings. The van der Waals surface area contributed by atoms with Gasteiger partial charge < -0.3 is 27.3 Å². The maximum atomic E-state index is 7.42. The molecule has 17 aromatic rings. The van der Waals surface area contributed by atoms with Crippen LogP contribution in [-0.4, -0.2) is 20.4 Å². The van der Waals surface area contributed by atoms with Crippen molar-refractivity contribution in [2.45, 2.75) is 20.8 Å². The fourth-order valence-electron chi connectivity index (χ4n) is 15.1. The van der Waals surface area contributed by atoms with Gasteiger partial charge >= 0.3 is 0 Å². The van der Waals surface area contributed by atoms with Gasteiger partial charge in [-0.15, -0.1) is 0 Å². The van der Waals surface area contributed by atoms with Crippen molar-refractivity contribution in [1.82, 2.24) is 13.7 Å². The van der Waals surface area contributed by atoms with E-state index in [0.717, 1.165) is 133 Å². The zero-order valence-corrected chi connectivity index (χ0v) is 45.0. The van der Waals surface area contributed by atoms with Crippen LogP contribution >= 0.6 is 0 Å². The molecule has 0 atom stereocenters. The SMILES string of the molecule is Cc1cc(C)c(-c2cc3c4c(c2)-n2c5ccc6c7cc(-n8c9ccccc9c9ccccc98)ccc7oc6c5c5c6oc7ccc(-n8c9ccccc9c9ccccc98)cc7c6cc(c52)B4c2cc(-c4ccccc4)ccc2O3)c(C)c1. The number of aromatic nitrogens is 3. The number of nitrogens with zero attached hydrogens (tertiary/aromatic N) is 3. The summed E-state index contributed by atoms with van der Waals surface area (Å²) in [5, 5.41) is 11.2. The van der Waals surface area contributed by atoms with Crippen molar-refractivity contribution >= 4 is 132 Å². The van der Waals surface area contributed by atoms with E-state index in [2.05, 4.69) is 259 Å². The molecule has 5 aromatic heterocycles. The number of rotatable bonds is 4. The molecule has 0 aliphatic carbocycles. The number of hydrogen-bond donors (Lipinski definition) is 0. The number of fused-ring (bicyclic) bond motifs is 21. The summed E-state index contributed by atoms with van der Waals surface area (Å²) in [5.41, 5.74) is 25.2. The second-order valence-electron chi connectivity index (χ2n) is 22.9. The first kappa shape index (κ1) is 44.4. The van der Waals surface area contributed by atoms with Crippen molar-refractivity contribution in [3.05, 3.63) is 241 Å². The summed E-state index contributed by atoms with van der Waals surface area (Å²) in [7, 11) is 0. The Labute approximate surface area is 469 Å². The maximum absolute atomic E-state index is 7.42. The van der Waals surface area contributed by atoms with Gasteiger partial charge in [-0.3, -0.25) is 0 Å². The molecule has 7 heterocycles. The first-order chi connectivity index (χ1) is 40.4. The van der Waals surface area contributed by atoms with Crippen LogP contribution < -0.4 is 21.1 Å². The van der Waals surface area contributed by atoms with E-state index in [0.29, 0.717) is 0 Å². The lowest BCUT2D eigenvalue weighted by Crippen LogP contribution is -2.58. The molecule has 0 radical (unpaired) electrons. The average molecular weight is 1050 g/mol. The van der Waals surface area contributed by atoms with Crippen molar-refractivity contribution in [3.8, 4) is 50.8 Å². The number of aryl methyl sites for hydroxylation is 3. The molecule has 0 saturated carbocycles. The van der Waals surface area contributed by atoms with Gasteiger partial charge in [-0.2, -0.15) is 0 Å². The molecule has 0 fully saturated rings. The van der Waals surface area contributed by atoms with Gasteiger partial charge in [-0.25, -0.2) is 0 Å². The number of benzene rings is 12. The second-order valence-corrected chi connectivity index (χ2v) is 22.9. The van der Waals surface area contributed by atoms with Gasteiger partial charge in [0.1, 0.15) is 33.8 Å². The van der Waals surface area contributed by atoms with Gasteiger partial charge in [0.05, 0.1) is 43.9 Å². The Morgan fingerprint density at radius 1 is 0.354 bits per heavy atom. The van der Waals surface area contributed by atoms with E-state index in [1.54, 1.807) is 0 Å². The van der Waals surface area contributed by atoms with Crippen LogP contribution in [0.4, 0.5) is 0 Å². The highest BCUT2D eigenvalue weighted by Gasteiger charge is 2.43. The van der Waals surface area contributed by atoms with Gasteiger partial charge in [-0.1, -0.05) is 139 Å². The van der Waals surface area contributed by atoms with Crippen molar-refractivity contribution < 1.29 is 13.6 Å². The summed E-state index contributed by atoms with van der Waals surface area (Å²) in [4.78, 5) is 0. The van der Waals surface area contributed by atoms with Crippen molar-refractivity contribution in [1.29, 1.82) is 0 Å². The van der Waals surface area contributed by atoms with Crippen LogP contribution in [0, 0.1) is 20.8 Å². The summed E-state index contributed by atoms with van der Waals surface area (Å²) in [6.07, 6.45) is 0. The zero-order valence-electron chi connectivity index (χ0n) is 45.0. The Morgan fingerprint density at radius 2 is 0.915 bits per heavy atom. The largest absolute Gasteiger partial charge is 0.458 e. The molecule has 82 heavy (non-hydrogen) atoms. The molecular formula is C75H46BN3O3. The van der Waals surface area contributed by atoms with Gasteiger partial charge in [0.25, 0.3) is 6.71 Å². The topological polar surface area (TPSA) is 50.3 Å². The Bertz CT molecular complexity index is 5600. The van der Waals surface area contributed by atoms with Crippen LogP contribution in [0.15, 0.2) is 233 Å². The monoisotopic (exact) mass is 1050 g/mol. The fourth-order valence-corrected chi connectivity index (χ4v) is 15.1. The molecule has 0 bridgehead atoms. The molecule has 0 spiro atoms. The maximum Gasteiger partial charge on any atom is 0.256 e. The van der Waals surface area contributed by atoms with Crippen molar-refractivity contribution in [2.75, 3.05) is 0 Å². The predicted octanol–water partition coefficient (Wildman–Crippen LogP) is 18.0. The van der Waals surface area contributed by atoms with Gasteiger partial charge in [0.2, 0.25) is 0 Å². The molecule has 12 aromatic carbocycles.